The van der Waals surface area contributed by atoms with Gasteiger partial charge in [0.2, 0.25) is 0 Å². The van der Waals surface area contributed by atoms with E-state index in [-0.39, 0.29) is 0 Å². The zero-order chi connectivity index (χ0) is 12.2. The maximum absolute atomic E-state index is 10.3. The van der Waals surface area contributed by atoms with Gasteiger partial charge in [-0.2, -0.15) is 0 Å². The minimum absolute atomic E-state index is 0.840. The highest BCUT2D eigenvalue weighted by Crippen LogP contribution is 2.00. The summed E-state index contributed by atoms with van der Waals surface area (Å²) in [7, 11) is 0. The van der Waals surface area contributed by atoms with Crippen molar-refractivity contribution in [2.75, 3.05) is 0 Å². The lowest BCUT2D eigenvalue weighted by atomic mass is 10.2. The van der Waals surface area contributed by atoms with Crippen LogP contribution in [0.15, 0.2) is 0 Å². The number of hydrogen-bond acceptors (Lipinski definition) is 6. The quantitative estimate of drug-likeness (QED) is 0.208. The molecular weight excluding hydrogens is 214 g/mol. The van der Waals surface area contributed by atoms with Crippen molar-refractivity contribution in [1.29, 1.82) is 0 Å². The van der Waals surface area contributed by atoms with Gasteiger partial charge in [-0.15, -0.1) is 0 Å². The molecule has 0 aliphatic carbocycles. The number of carboxylic acids is 2. The van der Waals surface area contributed by atoms with Crippen molar-refractivity contribution in [2.45, 2.75) is 12.2 Å². The van der Waals surface area contributed by atoms with Crippen LogP contribution in [0.3, 0.4) is 0 Å². The van der Waals surface area contributed by atoms with Gasteiger partial charge in [0.15, 0.2) is 12.2 Å². The lowest BCUT2D eigenvalue weighted by Gasteiger charge is -1.97. The fraction of sp³-hybridized carbons (Fsp3) is 0.333. The van der Waals surface area contributed by atoms with E-state index in [0.717, 1.165) is 0 Å². The highest BCUT2D eigenvalue weighted by atomic mass is 16.4. The van der Waals surface area contributed by atoms with E-state index in [1.807, 2.05) is 0 Å². The molecule has 1 heterocycles. The highest BCUT2D eigenvalue weighted by Gasteiger charge is 2.38. The molecule has 84 valence electrons. The van der Waals surface area contributed by atoms with Crippen LogP contribution >= 0.6 is 0 Å². The molecule has 1 rings (SSSR count). The van der Waals surface area contributed by atoms with E-state index in [9.17, 15) is 9.59 Å². The van der Waals surface area contributed by atoms with E-state index in [4.69, 9.17) is 30.0 Å². The molecule has 0 bridgehead atoms. The first-order valence-corrected chi connectivity index (χ1v) is 3.44. The molecule has 1 aliphatic rings. The summed E-state index contributed by atoms with van der Waals surface area (Å²) < 4.78 is 0. The van der Waals surface area contributed by atoms with Crippen molar-refractivity contribution in [1.82, 2.24) is 5.32 Å². The van der Waals surface area contributed by atoms with Crippen LogP contribution in [0, 0.1) is 0 Å². The van der Waals surface area contributed by atoms with Crippen LogP contribution in [-0.4, -0.2) is 56.4 Å². The molecule has 1 saturated heterocycles. The van der Waals surface area contributed by atoms with Crippen molar-refractivity contribution in [3.05, 3.63) is 0 Å². The lowest BCUT2D eigenvalue weighted by molar-refractivity contribution is -0.159. The summed E-state index contributed by atoms with van der Waals surface area (Å²) in [4.78, 5) is 38.7. The number of aliphatic carboxylic acids is 2. The number of aliphatic hydroxyl groups is 2. The third kappa shape index (κ3) is 3.70. The van der Waals surface area contributed by atoms with Crippen LogP contribution in [0.5, 0.6) is 0 Å². The van der Waals surface area contributed by atoms with Crippen LogP contribution in [0.4, 0.5) is 0 Å². The Morgan fingerprint density at radius 3 is 1.27 bits per heavy atom. The molecule has 1 fully saturated rings. The first-order valence-electron chi connectivity index (χ1n) is 3.44. The van der Waals surface area contributed by atoms with E-state index >= 15 is 0 Å². The summed E-state index contributed by atoms with van der Waals surface area (Å²) in [5.74, 6) is -5.33. The molecule has 0 spiro atoms. The number of aliphatic hydroxyl groups excluding tert-OH is 2. The summed E-state index contributed by atoms with van der Waals surface area (Å²) in [6.07, 6.45) is -3.17. The Kier molecular flexibility index (Phi) is 4.35. The van der Waals surface area contributed by atoms with E-state index in [2.05, 4.69) is 0 Å². The Labute approximate surface area is 81.9 Å². The van der Waals surface area contributed by atoms with E-state index in [0.29, 0.717) is 0 Å². The van der Waals surface area contributed by atoms with Crippen LogP contribution < -0.4 is 5.32 Å². The average Bonchev–Trinajstić information content (AvgIpc) is 2.34. The van der Waals surface area contributed by atoms with Gasteiger partial charge in [-0.1, -0.05) is 0 Å². The molecule has 0 saturated carbocycles. The zero-order valence-electron chi connectivity index (χ0n) is 7.08. The van der Waals surface area contributed by atoms with E-state index in [1.54, 1.807) is 5.32 Å². The molecule has 9 nitrogen and oxygen atoms in total. The van der Waals surface area contributed by atoms with Crippen molar-refractivity contribution in [3.8, 4) is 0 Å². The average molecular weight is 221 g/mol. The Balaban J connectivity index is 0.000000288. The molecule has 2 amide bonds. The lowest BCUT2D eigenvalue weighted by Crippen LogP contribution is -2.27. The number of carbonyl (C=O) groups excluding carboxylic acids is 2. The fourth-order valence-electron chi connectivity index (χ4n) is 0.556. The largest absolute Gasteiger partial charge is 0.473 e. The third-order valence-corrected chi connectivity index (χ3v) is 1.27. The second-order valence-electron chi connectivity index (χ2n) is 2.35. The Bertz CT molecular complexity index is 280. The van der Waals surface area contributed by atoms with E-state index < -0.39 is 36.0 Å². The minimum Gasteiger partial charge on any atom is -0.473 e. The van der Waals surface area contributed by atoms with Crippen LogP contribution in [0.2, 0.25) is 0 Å². The van der Waals surface area contributed by atoms with Gasteiger partial charge in [-0.3, -0.25) is 14.9 Å². The molecule has 5 N–H and O–H groups in total. The topological polar surface area (TPSA) is 161 Å². The van der Waals surface area contributed by atoms with Gasteiger partial charge in [0.05, 0.1) is 0 Å². The summed E-state index contributed by atoms with van der Waals surface area (Å²) >= 11 is 0. The van der Waals surface area contributed by atoms with Gasteiger partial charge < -0.3 is 20.4 Å². The predicted molar refractivity (Wildman–Crippen MR) is 40.4 cm³/mol. The van der Waals surface area contributed by atoms with Crippen molar-refractivity contribution >= 4 is 23.8 Å². The van der Waals surface area contributed by atoms with Gasteiger partial charge in [0.25, 0.3) is 11.8 Å². The molecule has 2 atom stereocenters. The number of carbonyl (C=O) groups is 4. The molecule has 0 aromatic carbocycles. The summed E-state index contributed by atoms with van der Waals surface area (Å²) in [5.41, 5.74) is 0. The molecule has 2 unspecified atom stereocenters. The molecule has 0 aromatic rings. The summed E-state index contributed by atoms with van der Waals surface area (Å²) in [5, 5.41) is 33.6. The number of carboxylic acid groups (broad SMARTS) is 2. The minimum atomic E-state index is -1.82. The van der Waals surface area contributed by atoms with Crippen LogP contribution in [0.1, 0.15) is 0 Å². The van der Waals surface area contributed by atoms with Crippen molar-refractivity contribution < 1.29 is 39.6 Å². The van der Waals surface area contributed by atoms with Gasteiger partial charge in [-0.05, 0) is 0 Å². The second kappa shape index (κ2) is 5.02. The van der Waals surface area contributed by atoms with Crippen LogP contribution in [0.25, 0.3) is 0 Å². The maximum Gasteiger partial charge on any atom is 0.414 e. The normalized spacial score (nSPS) is 23.9. The molecular formula is C6H7NO8. The smallest absolute Gasteiger partial charge is 0.414 e. The van der Waals surface area contributed by atoms with E-state index in [1.165, 1.54) is 0 Å². The second-order valence-corrected chi connectivity index (χ2v) is 2.35. The number of imide groups is 1. The Morgan fingerprint density at radius 2 is 1.20 bits per heavy atom. The monoisotopic (exact) mass is 221 g/mol. The molecule has 0 aromatic heterocycles. The molecule has 15 heavy (non-hydrogen) atoms. The van der Waals surface area contributed by atoms with Gasteiger partial charge in [0.1, 0.15) is 0 Å². The standard InChI is InChI=1S/C4H5NO4.C2H2O4/c6-1-2(7)4(9)5-3(1)8;3-1(4)2(5)6/h1-2,6-7H,(H,5,8,9);(H,3,4)(H,5,6). The summed E-state index contributed by atoms with van der Waals surface area (Å²) in [6, 6.07) is 0. The van der Waals surface area contributed by atoms with Gasteiger partial charge in [-0.25, -0.2) is 9.59 Å². The predicted octanol–water partition coefficient (Wildman–Crippen LogP) is -3.48. The number of amides is 2. The van der Waals surface area contributed by atoms with Gasteiger partial charge in [0, 0.05) is 0 Å². The molecule has 9 heteroatoms. The van der Waals surface area contributed by atoms with Gasteiger partial charge >= 0.3 is 11.9 Å². The third-order valence-electron chi connectivity index (χ3n) is 1.27. The Hall–Kier alpha value is -2.00. The number of hydrogen-bond donors (Lipinski definition) is 5. The van der Waals surface area contributed by atoms with Crippen molar-refractivity contribution in [3.63, 3.8) is 0 Å². The zero-order valence-corrected chi connectivity index (χ0v) is 7.08. The first-order chi connectivity index (χ1) is 6.77. The van der Waals surface area contributed by atoms with Crippen LogP contribution in [-0.2, 0) is 19.2 Å². The molecule has 1 aliphatic heterocycles. The Morgan fingerprint density at radius 1 is 0.933 bits per heavy atom. The number of rotatable bonds is 0. The summed E-state index contributed by atoms with van der Waals surface area (Å²) in [6.45, 7) is 0. The van der Waals surface area contributed by atoms with Crippen molar-refractivity contribution in [2.24, 2.45) is 0 Å². The number of nitrogens with one attached hydrogen (secondary N) is 1. The first kappa shape index (κ1) is 13.0. The highest BCUT2D eigenvalue weighted by molar-refractivity contribution is 6.27. The maximum atomic E-state index is 10.3. The SMILES string of the molecule is O=C(O)C(=O)O.O=C1NC(=O)C(O)C1O. The molecule has 0 radical (unpaired) electrons. The fourth-order valence-corrected chi connectivity index (χ4v) is 0.556.